The van der Waals surface area contributed by atoms with Crippen molar-refractivity contribution in [3.63, 3.8) is 0 Å². The van der Waals surface area contributed by atoms with E-state index in [2.05, 4.69) is 73.3 Å². The van der Waals surface area contributed by atoms with Crippen molar-refractivity contribution >= 4 is 23.3 Å². The lowest BCUT2D eigenvalue weighted by Crippen LogP contribution is -2.14. The van der Waals surface area contributed by atoms with Crippen LogP contribution in [-0.2, 0) is 12.8 Å². The predicted octanol–water partition coefficient (Wildman–Crippen LogP) is 6.09. The Bertz CT molecular complexity index is 822. The Morgan fingerprint density at radius 1 is 0.760 bits per heavy atom. The van der Waals surface area contributed by atoms with Crippen LogP contribution in [0.3, 0.4) is 0 Å². The molecule has 0 saturated heterocycles. The van der Waals surface area contributed by atoms with E-state index < -0.39 is 0 Å². The second-order valence-electron chi connectivity index (χ2n) is 6.01. The molecule has 0 unspecified atom stereocenters. The minimum Gasteiger partial charge on any atom is -0.310 e. The van der Waals surface area contributed by atoms with Crippen molar-refractivity contribution in [3.8, 4) is 0 Å². The van der Waals surface area contributed by atoms with Crippen molar-refractivity contribution < 1.29 is 4.79 Å². The zero-order chi connectivity index (χ0) is 17.6. The largest absolute Gasteiger partial charge is 0.310 e. The van der Waals surface area contributed by atoms with E-state index in [4.69, 9.17) is 0 Å². The van der Waals surface area contributed by atoms with Gasteiger partial charge in [-0.1, -0.05) is 62.4 Å². The van der Waals surface area contributed by atoms with Gasteiger partial charge in [-0.15, -0.1) is 0 Å². The van der Waals surface area contributed by atoms with Crippen LogP contribution < -0.4 is 4.90 Å². The number of aldehydes is 1. The highest BCUT2D eigenvalue weighted by atomic mass is 16.1. The molecular weight excluding hydrogens is 306 g/mol. The van der Waals surface area contributed by atoms with Crippen molar-refractivity contribution in [2.45, 2.75) is 26.7 Å². The predicted molar refractivity (Wildman–Crippen MR) is 105 cm³/mol. The smallest absolute Gasteiger partial charge is 0.150 e. The molecule has 0 amide bonds. The van der Waals surface area contributed by atoms with E-state index in [0.29, 0.717) is 5.56 Å². The van der Waals surface area contributed by atoms with Crippen LogP contribution in [0.4, 0.5) is 17.1 Å². The molecule has 0 aliphatic rings. The molecule has 0 saturated carbocycles. The minimum atomic E-state index is 0.686. The molecule has 3 aromatic rings. The molecule has 3 aromatic carbocycles. The fourth-order valence-electron chi connectivity index (χ4n) is 3.20. The molecule has 25 heavy (non-hydrogen) atoms. The Labute approximate surface area is 149 Å². The van der Waals surface area contributed by atoms with E-state index in [0.717, 1.165) is 36.2 Å². The number of nitrogens with zero attached hydrogens (tertiary/aromatic N) is 1. The van der Waals surface area contributed by atoms with Crippen molar-refractivity contribution in [2.75, 3.05) is 4.90 Å². The monoisotopic (exact) mass is 329 g/mol. The quantitative estimate of drug-likeness (QED) is 0.510. The molecule has 0 spiro atoms. The van der Waals surface area contributed by atoms with Gasteiger partial charge in [0.15, 0.2) is 0 Å². The lowest BCUT2D eigenvalue weighted by molar-refractivity contribution is 0.112. The molecule has 0 atom stereocenters. The van der Waals surface area contributed by atoms with Crippen LogP contribution >= 0.6 is 0 Å². The number of hydrogen-bond acceptors (Lipinski definition) is 2. The van der Waals surface area contributed by atoms with E-state index in [1.807, 2.05) is 18.2 Å². The number of rotatable bonds is 6. The molecule has 0 fully saturated rings. The van der Waals surface area contributed by atoms with Crippen molar-refractivity contribution in [1.29, 1.82) is 0 Å². The van der Waals surface area contributed by atoms with Gasteiger partial charge in [-0.3, -0.25) is 4.79 Å². The van der Waals surface area contributed by atoms with Crippen LogP contribution in [0.5, 0.6) is 0 Å². The van der Waals surface area contributed by atoms with Gasteiger partial charge in [-0.2, -0.15) is 0 Å². The highest BCUT2D eigenvalue weighted by molar-refractivity contribution is 5.84. The molecule has 0 bridgehead atoms. The first kappa shape index (κ1) is 17.0. The Kier molecular flexibility index (Phi) is 5.30. The Balaban J connectivity index is 2.26. The van der Waals surface area contributed by atoms with E-state index in [1.54, 1.807) is 0 Å². The van der Waals surface area contributed by atoms with Crippen LogP contribution in [0.25, 0.3) is 0 Å². The van der Waals surface area contributed by atoms with Gasteiger partial charge in [0, 0.05) is 22.6 Å². The summed E-state index contributed by atoms with van der Waals surface area (Å²) in [5, 5.41) is 0. The van der Waals surface area contributed by atoms with E-state index in [9.17, 15) is 4.79 Å². The molecule has 2 heteroatoms. The van der Waals surface area contributed by atoms with Crippen LogP contribution in [-0.4, -0.2) is 6.29 Å². The maximum absolute atomic E-state index is 11.3. The number of carbonyl (C=O) groups is 1. The summed E-state index contributed by atoms with van der Waals surface area (Å²) in [6, 6.07) is 24.7. The number of aryl methyl sites for hydroxylation is 2. The molecule has 126 valence electrons. The average Bonchev–Trinajstić information content (AvgIpc) is 2.69. The van der Waals surface area contributed by atoms with Crippen LogP contribution in [0.2, 0.25) is 0 Å². The van der Waals surface area contributed by atoms with Crippen LogP contribution in [0, 0.1) is 0 Å². The summed E-state index contributed by atoms with van der Waals surface area (Å²) in [7, 11) is 0. The van der Waals surface area contributed by atoms with Gasteiger partial charge in [0.25, 0.3) is 0 Å². The van der Waals surface area contributed by atoms with Crippen molar-refractivity contribution in [3.05, 3.63) is 89.5 Å². The first-order chi connectivity index (χ1) is 12.3. The lowest BCUT2D eigenvalue weighted by atomic mass is 10.0. The lowest BCUT2D eigenvalue weighted by Gasteiger charge is -2.29. The highest BCUT2D eigenvalue weighted by Crippen LogP contribution is 2.38. The fourth-order valence-corrected chi connectivity index (χ4v) is 3.20. The highest BCUT2D eigenvalue weighted by Gasteiger charge is 2.17. The number of para-hydroxylation sites is 2. The van der Waals surface area contributed by atoms with Gasteiger partial charge in [-0.25, -0.2) is 0 Å². The summed E-state index contributed by atoms with van der Waals surface area (Å²) in [5.74, 6) is 0. The molecule has 2 nitrogen and oxygen atoms in total. The summed E-state index contributed by atoms with van der Waals surface area (Å²) in [5.41, 5.74) is 6.58. The standard InChI is InChI=1S/C23H23NO/c1-3-19-11-5-7-14-22(19)24(21-13-9-10-18(16-21)17-25)23-15-8-6-12-20(23)4-2/h5-17H,3-4H2,1-2H3. The minimum absolute atomic E-state index is 0.686. The van der Waals surface area contributed by atoms with Crippen molar-refractivity contribution in [2.24, 2.45) is 0 Å². The van der Waals surface area contributed by atoms with Gasteiger partial charge in [0.05, 0.1) is 0 Å². The molecular formula is C23H23NO. The zero-order valence-electron chi connectivity index (χ0n) is 14.8. The van der Waals surface area contributed by atoms with Gasteiger partial charge >= 0.3 is 0 Å². The molecule has 0 heterocycles. The van der Waals surface area contributed by atoms with Gasteiger partial charge in [0.1, 0.15) is 6.29 Å². The number of hydrogen-bond donors (Lipinski definition) is 0. The normalized spacial score (nSPS) is 10.5. The van der Waals surface area contributed by atoms with Crippen molar-refractivity contribution in [1.82, 2.24) is 0 Å². The topological polar surface area (TPSA) is 20.3 Å². The van der Waals surface area contributed by atoms with Gasteiger partial charge < -0.3 is 4.90 Å². The third-order valence-electron chi connectivity index (χ3n) is 4.49. The molecule has 0 radical (unpaired) electrons. The maximum Gasteiger partial charge on any atom is 0.150 e. The van der Waals surface area contributed by atoms with E-state index in [-0.39, 0.29) is 0 Å². The SMILES string of the molecule is CCc1ccccc1N(c1cccc(C=O)c1)c1ccccc1CC. The van der Waals surface area contributed by atoms with E-state index in [1.165, 1.54) is 11.1 Å². The summed E-state index contributed by atoms with van der Waals surface area (Å²) in [4.78, 5) is 13.6. The summed E-state index contributed by atoms with van der Waals surface area (Å²) in [6.07, 6.45) is 2.81. The number of carbonyl (C=O) groups excluding carboxylic acids is 1. The first-order valence-corrected chi connectivity index (χ1v) is 8.79. The molecule has 0 aliphatic heterocycles. The fraction of sp³-hybridized carbons (Fsp3) is 0.174. The maximum atomic E-state index is 11.3. The third-order valence-corrected chi connectivity index (χ3v) is 4.49. The average molecular weight is 329 g/mol. The van der Waals surface area contributed by atoms with Crippen LogP contribution in [0.15, 0.2) is 72.8 Å². The molecule has 0 aliphatic carbocycles. The third kappa shape index (κ3) is 3.48. The summed E-state index contributed by atoms with van der Waals surface area (Å²) in [6.45, 7) is 4.34. The van der Waals surface area contributed by atoms with Gasteiger partial charge in [0.2, 0.25) is 0 Å². The van der Waals surface area contributed by atoms with Crippen LogP contribution in [0.1, 0.15) is 35.3 Å². The second-order valence-corrected chi connectivity index (χ2v) is 6.01. The summed E-state index contributed by atoms with van der Waals surface area (Å²) >= 11 is 0. The summed E-state index contributed by atoms with van der Waals surface area (Å²) < 4.78 is 0. The number of anilines is 3. The van der Waals surface area contributed by atoms with E-state index >= 15 is 0 Å². The van der Waals surface area contributed by atoms with Gasteiger partial charge in [-0.05, 0) is 48.2 Å². The first-order valence-electron chi connectivity index (χ1n) is 8.79. The Hall–Kier alpha value is -2.87. The Morgan fingerprint density at radius 2 is 1.32 bits per heavy atom. The Morgan fingerprint density at radius 3 is 1.84 bits per heavy atom. The second kappa shape index (κ2) is 7.80. The molecule has 3 rings (SSSR count). The molecule has 0 aromatic heterocycles. The number of benzene rings is 3. The molecule has 0 N–H and O–H groups in total. The zero-order valence-corrected chi connectivity index (χ0v) is 14.8.